The Morgan fingerprint density at radius 1 is 0.635 bits per heavy atom. The van der Waals surface area contributed by atoms with Crippen LogP contribution in [0.4, 0.5) is 0 Å². The number of ether oxygens (including phenoxy) is 2. The van der Waals surface area contributed by atoms with Crippen molar-refractivity contribution in [1.82, 2.24) is 31.9 Å². The molecule has 1 heterocycles. The van der Waals surface area contributed by atoms with Crippen LogP contribution in [0.5, 0.6) is 0 Å². The molecule has 0 saturated carbocycles. The number of carbonyl (C=O) groups is 8. The Hall–Kier alpha value is -5.88. The van der Waals surface area contributed by atoms with Gasteiger partial charge in [0.2, 0.25) is 35.4 Å². The van der Waals surface area contributed by atoms with Gasteiger partial charge in [-0.2, -0.15) is 0 Å². The predicted octanol–water partition coefficient (Wildman–Crippen LogP) is -3.30. The van der Waals surface area contributed by atoms with Gasteiger partial charge in [-0.05, 0) is 22.3 Å². The lowest BCUT2D eigenvalue weighted by molar-refractivity contribution is -0.145. The Morgan fingerprint density at radius 2 is 1.00 bits per heavy atom. The van der Waals surface area contributed by atoms with Crippen LogP contribution in [0, 0.1) is 0 Å². The molecule has 1 aliphatic rings. The average molecular weight is 725 g/mol. The molecule has 0 bridgehead atoms. The first-order chi connectivity index (χ1) is 24.8. The maximum atomic E-state index is 12.7. The topological polar surface area (TPSA) is 279 Å². The van der Waals surface area contributed by atoms with Crippen LogP contribution in [0.15, 0.2) is 48.5 Å². The van der Waals surface area contributed by atoms with Gasteiger partial charge in [0.1, 0.15) is 24.2 Å². The molecule has 2 unspecified atom stereocenters. The Bertz CT molecular complexity index is 1530. The molecular formula is C34H44N8O10. The Morgan fingerprint density at radius 3 is 1.35 bits per heavy atom. The minimum absolute atomic E-state index is 0.113. The molecule has 1 fully saturated rings. The van der Waals surface area contributed by atoms with Gasteiger partial charge in [0.25, 0.3) is 0 Å². The molecule has 1 saturated heterocycles. The molecule has 2 aromatic carbocycles. The van der Waals surface area contributed by atoms with E-state index in [2.05, 4.69) is 31.9 Å². The number of carbonyl (C=O) groups excluding carboxylic acids is 8. The molecule has 52 heavy (non-hydrogen) atoms. The zero-order chi connectivity index (χ0) is 38.2. The number of rotatable bonds is 18. The van der Waals surface area contributed by atoms with Gasteiger partial charge in [0.05, 0.1) is 40.2 Å². The van der Waals surface area contributed by atoms with E-state index in [0.29, 0.717) is 13.1 Å². The summed E-state index contributed by atoms with van der Waals surface area (Å²) in [5.41, 5.74) is 14.5. The van der Waals surface area contributed by atoms with Crippen LogP contribution in [-0.2, 0) is 73.8 Å². The highest BCUT2D eigenvalue weighted by Crippen LogP contribution is 2.10. The number of hydrogen-bond donors (Lipinski definition) is 8. The quantitative estimate of drug-likeness (QED) is 0.0703. The Kier molecular flexibility index (Phi) is 15.7. The van der Waals surface area contributed by atoms with E-state index < -0.39 is 97.5 Å². The Labute approximate surface area is 299 Å². The van der Waals surface area contributed by atoms with Gasteiger partial charge in [0.15, 0.2) is 0 Å². The summed E-state index contributed by atoms with van der Waals surface area (Å²) in [6, 6.07) is 9.60. The summed E-state index contributed by atoms with van der Waals surface area (Å²) >= 11 is 0. The van der Waals surface area contributed by atoms with Gasteiger partial charge >= 0.3 is 11.9 Å². The number of esters is 2. The van der Waals surface area contributed by atoms with Gasteiger partial charge in [-0.25, -0.2) is 9.59 Å². The summed E-state index contributed by atoms with van der Waals surface area (Å²) in [6.45, 7) is -0.482. The highest BCUT2D eigenvalue weighted by Gasteiger charge is 2.36. The predicted molar refractivity (Wildman–Crippen MR) is 183 cm³/mol. The van der Waals surface area contributed by atoms with Crippen molar-refractivity contribution < 1.29 is 47.8 Å². The van der Waals surface area contributed by atoms with Crippen molar-refractivity contribution in [2.24, 2.45) is 11.5 Å². The number of methoxy groups -OCH3 is 2. The molecule has 0 aliphatic carbocycles. The Balaban J connectivity index is 1.42. The van der Waals surface area contributed by atoms with Crippen molar-refractivity contribution in [3.05, 3.63) is 70.8 Å². The third-order valence-corrected chi connectivity index (χ3v) is 7.91. The summed E-state index contributed by atoms with van der Waals surface area (Å²) in [4.78, 5) is 100. The van der Waals surface area contributed by atoms with Crippen LogP contribution in [0.2, 0.25) is 0 Å². The first-order valence-electron chi connectivity index (χ1n) is 16.3. The van der Waals surface area contributed by atoms with Crippen molar-refractivity contribution in [2.75, 3.05) is 27.3 Å². The first kappa shape index (κ1) is 40.5. The fraction of sp³-hybridized carbons (Fsp3) is 0.412. The number of nitrogens with one attached hydrogen (secondary N) is 6. The molecule has 2 aromatic rings. The maximum absolute atomic E-state index is 12.7. The summed E-state index contributed by atoms with van der Waals surface area (Å²) in [5.74, 6) is -5.79. The summed E-state index contributed by atoms with van der Waals surface area (Å²) in [6.07, 6.45) is -0.813. The lowest BCUT2D eigenvalue weighted by atomic mass is 10.0. The number of nitrogens with two attached hydrogens (primary N) is 2. The second kappa shape index (κ2) is 20.1. The van der Waals surface area contributed by atoms with E-state index in [1.54, 1.807) is 36.4 Å². The lowest BCUT2D eigenvalue weighted by Gasteiger charge is -2.29. The van der Waals surface area contributed by atoms with Crippen molar-refractivity contribution in [2.45, 2.75) is 62.9 Å². The zero-order valence-corrected chi connectivity index (χ0v) is 28.8. The van der Waals surface area contributed by atoms with Crippen LogP contribution >= 0.6 is 0 Å². The maximum Gasteiger partial charge on any atom is 0.328 e. The van der Waals surface area contributed by atoms with Crippen LogP contribution in [0.25, 0.3) is 0 Å². The van der Waals surface area contributed by atoms with E-state index in [1.165, 1.54) is 14.2 Å². The van der Waals surface area contributed by atoms with Crippen LogP contribution in [-0.4, -0.2) is 98.9 Å². The minimum Gasteiger partial charge on any atom is -0.467 e. The second-order valence-corrected chi connectivity index (χ2v) is 11.8. The first-order valence-corrected chi connectivity index (χ1v) is 16.3. The van der Waals surface area contributed by atoms with E-state index in [1.807, 2.05) is 12.1 Å². The van der Waals surface area contributed by atoms with Crippen LogP contribution < -0.4 is 43.4 Å². The van der Waals surface area contributed by atoms with E-state index in [9.17, 15) is 38.4 Å². The molecule has 0 spiro atoms. The fourth-order valence-corrected chi connectivity index (χ4v) is 5.24. The highest BCUT2D eigenvalue weighted by molar-refractivity contribution is 6.01. The van der Waals surface area contributed by atoms with E-state index in [0.717, 1.165) is 22.3 Å². The van der Waals surface area contributed by atoms with Gasteiger partial charge in [0, 0.05) is 25.9 Å². The van der Waals surface area contributed by atoms with E-state index >= 15 is 0 Å². The largest absolute Gasteiger partial charge is 0.467 e. The highest BCUT2D eigenvalue weighted by atomic mass is 16.5. The normalized spacial score (nSPS) is 16.2. The number of piperazine rings is 1. The van der Waals surface area contributed by atoms with Crippen molar-refractivity contribution >= 4 is 47.4 Å². The number of hydrogen-bond acceptors (Lipinski definition) is 12. The molecule has 3 rings (SSSR count). The number of benzene rings is 2. The van der Waals surface area contributed by atoms with E-state index in [4.69, 9.17) is 20.9 Å². The molecule has 18 heteroatoms. The molecule has 4 atom stereocenters. The molecule has 280 valence electrons. The summed E-state index contributed by atoms with van der Waals surface area (Å²) in [7, 11) is 2.35. The van der Waals surface area contributed by atoms with Gasteiger partial charge in [-0.1, -0.05) is 48.5 Å². The average Bonchev–Trinajstić information content (AvgIpc) is 3.14. The smallest absolute Gasteiger partial charge is 0.328 e. The molecule has 0 aromatic heterocycles. The van der Waals surface area contributed by atoms with Crippen molar-refractivity contribution in [3.8, 4) is 0 Å². The molecule has 0 radical (unpaired) electrons. The standard InChI is InChI=1S/C34H44N8O10/c1-51-33(49)25(11-19-5-3-7-21(9-19)15-35)39-29(45)17-37-27(43)13-23-31(47)42-24(32(48)41-23)14-28(44)38-18-30(46)40-26(34(50)52-2)12-20-6-4-8-22(10-20)16-36/h3-10,23-26H,11-18,35-36H2,1-2H3,(H,37,43)(H,38,44)(H,39,45)(H,40,46)(H,41,48)(H,42,47)/t23-,24-,25?,26?/m0/s1. The van der Waals surface area contributed by atoms with Gasteiger partial charge < -0.3 is 52.8 Å². The third kappa shape index (κ3) is 12.8. The zero-order valence-electron chi connectivity index (χ0n) is 28.8. The molecule has 18 nitrogen and oxygen atoms in total. The summed E-state index contributed by atoms with van der Waals surface area (Å²) < 4.78 is 9.57. The minimum atomic E-state index is -1.29. The lowest BCUT2D eigenvalue weighted by Crippen LogP contribution is -2.63. The number of amides is 6. The van der Waals surface area contributed by atoms with Crippen molar-refractivity contribution in [3.63, 3.8) is 0 Å². The van der Waals surface area contributed by atoms with Gasteiger partial charge in [-0.3, -0.25) is 28.8 Å². The van der Waals surface area contributed by atoms with Crippen LogP contribution in [0.3, 0.4) is 0 Å². The molecule has 10 N–H and O–H groups in total. The second-order valence-electron chi connectivity index (χ2n) is 11.8. The van der Waals surface area contributed by atoms with E-state index in [-0.39, 0.29) is 12.8 Å². The van der Waals surface area contributed by atoms with Gasteiger partial charge in [-0.15, -0.1) is 0 Å². The SMILES string of the molecule is COC(=O)C(Cc1cccc(CN)c1)NC(=O)CNC(=O)C[C@@H]1NC(=O)[C@H](CC(=O)NCC(=O)NC(Cc2cccc(CN)c2)C(=O)OC)NC1=O. The molecular weight excluding hydrogens is 680 g/mol. The fourth-order valence-electron chi connectivity index (χ4n) is 5.24. The molecule has 1 aliphatic heterocycles. The third-order valence-electron chi connectivity index (χ3n) is 7.91. The monoisotopic (exact) mass is 724 g/mol. The summed E-state index contributed by atoms with van der Waals surface area (Å²) in [5, 5.41) is 14.4. The van der Waals surface area contributed by atoms with Crippen molar-refractivity contribution in [1.29, 1.82) is 0 Å². The van der Waals surface area contributed by atoms with Crippen LogP contribution in [0.1, 0.15) is 35.1 Å². The molecule has 6 amide bonds.